The molecule has 0 aliphatic rings. The molecule has 4 unspecified atom stereocenters. The highest BCUT2D eigenvalue weighted by atomic mass is 16.4. The quantitative estimate of drug-likeness (QED) is 0.129. The number of carboxylic acids is 3. The van der Waals surface area contributed by atoms with Crippen LogP contribution in [0.25, 0.3) is 0 Å². The molecule has 4 atom stereocenters. The number of phenols is 1. The van der Waals surface area contributed by atoms with Gasteiger partial charge in [-0.25, -0.2) is 4.79 Å². The molecule has 14 heteroatoms. The molecule has 0 saturated heterocycles. The van der Waals surface area contributed by atoms with E-state index in [4.69, 9.17) is 15.9 Å². The average molecular weight is 539 g/mol. The number of aromatic hydroxyl groups is 1. The number of benzene rings is 1. The summed E-state index contributed by atoms with van der Waals surface area (Å²) >= 11 is 0. The molecule has 1 aromatic carbocycles. The van der Waals surface area contributed by atoms with E-state index in [1.807, 2.05) is 5.32 Å². The van der Waals surface area contributed by atoms with Crippen molar-refractivity contribution in [2.45, 2.75) is 70.1 Å². The molecule has 0 bridgehead atoms. The molecule has 0 aromatic heterocycles. The van der Waals surface area contributed by atoms with Gasteiger partial charge in [-0.2, -0.15) is 0 Å². The molecule has 0 aliphatic heterocycles. The number of amides is 3. The van der Waals surface area contributed by atoms with Gasteiger partial charge in [0.1, 0.15) is 23.9 Å². The van der Waals surface area contributed by atoms with Gasteiger partial charge in [-0.15, -0.1) is 0 Å². The zero-order chi connectivity index (χ0) is 29.0. The lowest BCUT2D eigenvalue weighted by atomic mass is 10.0. The first kappa shape index (κ1) is 31.8. The second-order valence-electron chi connectivity index (χ2n) is 9.16. The van der Waals surface area contributed by atoms with Gasteiger partial charge in [-0.3, -0.25) is 24.0 Å². The Bertz CT molecular complexity index is 1010. The van der Waals surface area contributed by atoms with Crippen molar-refractivity contribution < 1.29 is 49.2 Å². The monoisotopic (exact) mass is 538 g/mol. The van der Waals surface area contributed by atoms with Crippen molar-refractivity contribution in [2.24, 2.45) is 11.7 Å². The number of carboxylic acid groups (broad SMARTS) is 3. The molecular weight excluding hydrogens is 504 g/mol. The fraction of sp³-hybridized carbons (Fsp3) is 0.500. The molecule has 0 saturated carbocycles. The lowest BCUT2D eigenvalue weighted by molar-refractivity contribution is -0.147. The minimum atomic E-state index is -1.81. The number of carbonyl (C=O) groups is 6. The Hall–Kier alpha value is -4.20. The summed E-state index contributed by atoms with van der Waals surface area (Å²) in [6, 6.07) is 0.483. The number of carbonyl (C=O) groups excluding carboxylic acids is 3. The SMILES string of the molecule is CC(C)CC(NC(=O)C(N)Cc1ccc(O)cc1)C(=O)NC(CCC(=O)O)C(=O)NC(CC(=O)O)C(=O)O. The summed E-state index contributed by atoms with van der Waals surface area (Å²) in [5.41, 5.74) is 6.64. The number of hydrogen-bond donors (Lipinski definition) is 8. The van der Waals surface area contributed by atoms with Gasteiger partial charge in [0.25, 0.3) is 0 Å². The molecule has 0 radical (unpaired) electrons. The van der Waals surface area contributed by atoms with E-state index < -0.39 is 79.1 Å². The van der Waals surface area contributed by atoms with Gasteiger partial charge in [0.05, 0.1) is 12.5 Å². The number of aliphatic carboxylic acids is 3. The highest BCUT2D eigenvalue weighted by Gasteiger charge is 2.31. The summed E-state index contributed by atoms with van der Waals surface area (Å²) in [5, 5.41) is 43.3. The Morgan fingerprint density at radius 1 is 0.789 bits per heavy atom. The van der Waals surface area contributed by atoms with Crippen LogP contribution in [0.1, 0.15) is 45.1 Å². The van der Waals surface area contributed by atoms with Crippen molar-refractivity contribution in [1.82, 2.24) is 16.0 Å². The van der Waals surface area contributed by atoms with Gasteiger partial charge in [0.15, 0.2) is 0 Å². The van der Waals surface area contributed by atoms with E-state index in [0.29, 0.717) is 5.56 Å². The van der Waals surface area contributed by atoms with E-state index in [-0.39, 0.29) is 24.5 Å². The van der Waals surface area contributed by atoms with Gasteiger partial charge < -0.3 is 42.1 Å². The first-order chi connectivity index (χ1) is 17.7. The Morgan fingerprint density at radius 2 is 1.32 bits per heavy atom. The zero-order valence-electron chi connectivity index (χ0n) is 21.0. The minimum Gasteiger partial charge on any atom is -0.508 e. The van der Waals surface area contributed by atoms with Gasteiger partial charge >= 0.3 is 17.9 Å². The zero-order valence-corrected chi connectivity index (χ0v) is 21.0. The topological polar surface area (TPSA) is 245 Å². The normalized spacial score (nSPS) is 14.0. The van der Waals surface area contributed by atoms with E-state index in [0.717, 1.165) is 0 Å². The van der Waals surface area contributed by atoms with Crippen molar-refractivity contribution in [3.8, 4) is 5.75 Å². The van der Waals surface area contributed by atoms with Crippen LogP contribution in [0.4, 0.5) is 0 Å². The Labute approximate surface area is 218 Å². The molecule has 3 amide bonds. The third kappa shape index (κ3) is 11.7. The highest BCUT2D eigenvalue weighted by Crippen LogP contribution is 2.12. The van der Waals surface area contributed by atoms with Crippen LogP contribution in [-0.4, -0.2) is 80.2 Å². The van der Waals surface area contributed by atoms with Crippen molar-refractivity contribution in [3.63, 3.8) is 0 Å². The first-order valence-corrected chi connectivity index (χ1v) is 11.8. The summed E-state index contributed by atoms with van der Waals surface area (Å²) in [6.45, 7) is 3.56. The molecular formula is C24H34N4O10. The average Bonchev–Trinajstić information content (AvgIpc) is 2.81. The highest BCUT2D eigenvalue weighted by molar-refractivity contribution is 5.94. The second-order valence-corrected chi connectivity index (χ2v) is 9.16. The fourth-order valence-electron chi connectivity index (χ4n) is 3.42. The summed E-state index contributed by atoms with van der Waals surface area (Å²) in [4.78, 5) is 71.8. The van der Waals surface area contributed by atoms with Crippen LogP contribution in [-0.2, 0) is 35.2 Å². The number of hydrogen-bond acceptors (Lipinski definition) is 8. The molecule has 1 aromatic rings. The van der Waals surface area contributed by atoms with Gasteiger partial charge in [-0.05, 0) is 42.9 Å². The standard InChI is InChI=1S/C24H34N4O10/c1-12(2)9-17(27-21(34)15(25)10-13-3-5-14(29)6-4-13)23(36)26-16(7-8-19(30)31)22(35)28-18(24(37)38)11-20(32)33/h3-6,12,15-18,29H,7-11,25H2,1-2H3,(H,26,36)(H,27,34)(H,28,35)(H,30,31)(H,32,33)(H,37,38). The Balaban J connectivity index is 3.01. The molecule has 0 spiro atoms. The van der Waals surface area contributed by atoms with Crippen molar-refractivity contribution in [2.75, 3.05) is 0 Å². The van der Waals surface area contributed by atoms with Gasteiger partial charge in [0, 0.05) is 6.42 Å². The van der Waals surface area contributed by atoms with Crippen LogP contribution in [0.2, 0.25) is 0 Å². The molecule has 0 aliphatic carbocycles. The minimum absolute atomic E-state index is 0.0413. The summed E-state index contributed by atoms with van der Waals surface area (Å²) in [7, 11) is 0. The lowest BCUT2D eigenvalue weighted by Crippen LogP contribution is -2.57. The van der Waals surface area contributed by atoms with Crippen LogP contribution in [0, 0.1) is 5.92 Å². The number of nitrogens with one attached hydrogen (secondary N) is 3. The van der Waals surface area contributed by atoms with E-state index in [9.17, 15) is 39.0 Å². The second kappa shape index (κ2) is 15.1. The van der Waals surface area contributed by atoms with Gasteiger partial charge in [-0.1, -0.05) is 26.0 Å². The smallest absolute Gasteiger partial charge is 0.326 e. The third-order valence-electron chi connectivity index (χ3n) is 5.34. The van der Waals surface area contributed by atoms with Gasteiger partial charge in [0.2, 0.25) is 17.7 Å². The Morgan fingerprint density at radius 3 is 1.82 bits per heavy atom. The van der Waals surface area contributed by atoms with E-state index in [1.54, 1.807) is 26.0 Å². The lowest BCUT2D eigenvalue weighted by Gasteiger charge is -2.25. The van der Waals surface area contributed by atoms with E-state index >= 15 is 0 Å². The van der Waals surface area contributed by atoms with Crippen LogP contribution < -0.4 is 21.7 Å². The van der Waals surface area contributed by atoms with Crippen LogP contribution in [0.3, 0.4) is 0 Å². The van der Waals surface area contributed by atoms with Crippen LogP contribution >= 0.6 is 0 Å². The molecule has 1 rings (SSSR count). The number of phenolic OH excluding ortho intramolecular Hbond substituents is 1. The van der Waals surface area contributed by atoms with Crippen molar-refractivity contribution in [3.05, 3.63) is 29.8 Å². The predicted octanol–water partition coefficient (Wildman–Crippen LogP) is -0.813. The van der Waals surface area contributed by atoms with Crippen LogP contribution in [0.5, 0.6) is 5.75 Å². The molecule has 0 heterocycles. The third-order valence-corrected chi connectivity index (χ3v) is 5.34. The molecule has 14 nitrogen and oxygen atoms in total. The van der Waals surface area contributed by atoms with E-state index in [1.165, 1.54) is 12.1 Å². The maximum atomic E-state index is 13.1. The predicted molar refractivity (Wildman–Crippen MR) is 132 cm³/mol. The largest absolute Gasteiger partial charge is 0.508 e. The summed E-state index contributed by atoms with van der Waals surface area (Å²) in [6.07, 6.45) is -1.69. The number of nitrogens with two attached hydrogens (primary N) is 1. The molecule has 0 fully saturated rings. The fourth-order valence-corrected chi connectivity index (χ4v) is 3.42. The maximum Gasteiger partial charge on any atom is 0.326 e. The van der Waals surface area contributed by atoms with Crippen LogP contribution in [0.15, 0.2) is 24.3 Å². The first-order valence-electron chi connectivity index (χ1n) is 11.8. The summed E-state index contributed by atoms with van der Waals surface area (Å²) in [5.74, 6) is -7.06. The van der Waals surface area contributed by atoms with E-state index in [2.05, 4.69) is 10.6 Å². The summed E-state index contributed by atoms with van der Waals surface area (Å²) < 4.78 is 0. The molecule has 38 heavy (non-hydrogen) atoms. The molecule has 9 N–H and O–H groups in total. The molecule has 210 valence electrons. The maximum absolute atomic E-state index is 13.1. The van der Waals surface area contributed by atoms with Crippen molar-refractivity contribution in [1.29, 1.82) is 0 Å². The van der Waals surface area contributed by atoms with Crippen molar-refractivity contribution >= 4 is 35.6 Å². The number of rotatable bonds is 16. The Kier molecular flexibility index (Phi) is 12.7.